The Labute approximate surface area is 158 Å². The van der Waals surface area contributed by atoms with Gasteiger partial charge in [0.2, 0.25) is 5.91 Å². The number of piperidine rings is 1. The maximum atomic E-state index is 12.5. The zero-order chi connectivity index (χ0) is 18.7. The Morgan fingerprint density at radius 1 is 1.26 bits per heavy atom. The van der Waals surface area contributed by atoms with Gasteiger partial charge in [0.1, 0.15) is 5.69 Å². The molecule has 2 amide bonds. The molecule has 1 aliphatic carbocycles. The first-order valence-corrected chi connectivity index (χ1v) is 9.63. The normalized spacial score (nSPS) is 20.9. The van der Waals surface area contributed by atoms with Crippen LogP contribution >= 0.6 is 0 Å². The minimum absolute atomic E-state index is 0.133. The molecule has 0 aromatic carbocycles. The van der Waals surface area contributed by atoms with Crippen LogP contribution in [0.2, 0.25) is 0 Å². The van der Waals surface area contributed by atoms with Gasteiger partial charge in [-0.25, -0.2) is 4.98 Å². The van der Waals surface area contributed by atoms with Gasteiger partial charge in [-0.1, -0.05) is 0 Å². The molecule has 1 atom stereocenters. The Morgan fingerprint density at radius 2 is 2.11 bits per heavy atom. The van der Waals surface area contributed by atoms with E-state index in [0.29, 0.717) is 12.1 Å². The van der Waals surface area contributed by atoms with Gasteiger partial charge in [0, 0.05) is 49.8 Å². The van der Waals surface area contributed by atoms with Gasteiger partial charge >= 0.3 is 0 Å². The number of carbonyl (C=O) groups excluding carboxylic acids is 2. The molecule has 2 aliphatic rings. The lowest BCUT2D eigenvalue weighted by atomic mass is 9.59. The lowest BCUT2D eigenvalue weighted by molar-refractivity contribution is -0.135. The van der Waals surface area contributed by atoms with Crippen LogP contribution in [0.5, 0.6) is 0 Å². The van der Waals surface area contributed by atoms with E-state index in [9.17, 15) is 9.59 Å². The first-order chi connectivity index (χ1) is 13.2. The highest BCUT2D eigenvalue weighted by Crippen LogP contribution is 2.49. The van der Waals surface area contributed by atoms with Gasteiger partial charge in [-0.05, 0) is 49.7 Å². The molecule has 1 saturated heterocycles. The molecule has 0 bridgehead atoms. The summed E-state index contributed by atoms with van der Waals surface area (Å²) in [6.07, 6.45) is 11.8. The number of nitrogens with one attached hydrogen (secondary N) is 2. The number of nitrogens with zero attached hydrogens (tertiary/aromatic N) is 3. The first-order valence-electron chi connectivity index (χ1n) is 9.63. The minimum Gasteiger partial charge on any atom is -0.365 e. The lowest BCUT2D eigenvalue weighted by Crippen LogP contribution is -2.59. The Hall–Kier alpha value is -2.70. The molecule has 7 nitrogen and oxygen atoms in total. The molecule has 142 valence electrons. The molecule has 7 heteroatoms. The molecule has 4 rings (SSSR count). The fourth-order valence-electron chi connectivity index (χ4n) is 4.29. The number of hydrogen-bond donors (Lipinski definition) is 2. The molecule has 3 heterocycles. The fourth-order valence-corrected chi connectivity index (χ4v) is 4.29. The maximum Gasteiger partial charge on any atom is 0.271 e. The first kappa shape index (κ1) is 17.7. The summed E-state index contributed by atoms with van der Waals surface area (Å²) >= 11 is 0. The molecule has 1 saturated carbocycles. The largest absolute Gasteiger partial charge is 0.365 e. The van der Waals surface area contributed by atoms with Gasteiger partial charge < -0.3 is 15.2 Å². The number of aromatic nitrogens is 3. The van der Waals surface area contributed by atoms with E-state index in [-0.39, 0.29) is 23.3 Å². The van der Waals surface area contributed by atoms with Crippen molar-refractivity contribution in [3.8, 4) is 0 Å². The standard InChI is InChI=1S/C20H25N5O2/c26-18(4-3-15-2-1-9-22-15)25-12-7-20(8-13-25)6-5-17(20)24-19(27)16-14-21-10-11-23-16/h1-2,9-11,14,17,22H,3-8,12-13H2,(H,24,27). The molecule has 1 aliphatic heterocycles. The van der Waals surface area contributed by atoms with E-state index in [1.807, 2.05) is 23.2 Å². The highest BCUT2D eigenvalue weighted by molar-refractivity contribution is 5.92. The molecule has 1 unspecified atom stereocenters. The van der Waals surface area contributed by atoms with Crippen LogP contribution in [0.25, 0.3) is 0 Å². The van der Waals surface area contributed by atoms with Crippen molar-refractivity contribution in [2.75, 3.05) is 13.1 Å². The number of amides is 2. The van der Waals surface area contributed by atoms with Crippen LogP contribution in [0.4, 0.5) is 0 Å². The van der Waals surface area contributed by atoms with Crippen molar-refractivity contribution in [3.05, 3.63) is 48.3 Å². The number of carbonyl (C=O) groups is 2. The third-order valence-electron chi connectivity index (χ3n) is 6.15. The van der Waals surface area contributed by atoms with E-state index in [2.05, 4.69) is 20.3 Å². The van der Waals surface area contributed by atoms with Crippen LogP contribution in [-0.2, 0) is 11.2 Å². The monoisotopic (exact) mass is 367 g/mol. The summed E-state index contributed by atoms with van der Waals surface area (Å²) < 4.78 is 0. The van der Waals surface area contributed by atoms with Gasteiger partial charge in [0.15, 0.2) is 0 Å². The average molecular weight is 367 g/mol. The smallest absolute Gasteiger partial charge is 0.271 e. The highest BCUT2D eigenvalue weighted by Gasteiger charge is 2.49. The second-order valence-corrected chi connectivity index (χ2v) is 7.59. The van der Waals surface area contributed by atoms with Crippen molar-refractivity contribution in [1.29, 1.82) is 0 Å². The highest BCUT2D eigenvalue weighted by atomic mass is 16.2. The summed E-state index contributed by atoms with van der Waals surface area (Å²) in [5.41, 5.74) is 1.59. The third kappa shape index (κ3) is 3.72. The van der Waals surface area contributed by atoms with Crippen molar-refractivity contribution in [3.63, 3.8) is 0 Å². The van der Waals surface area contributed by atoms with Crippen LogP contribution in [0, 0.1) is 5.41 Å². The van der Waals surface area contributed by atoms with Gasteiger partial charge in [-0.3, -0.25) is 14.6 Å². The molecule has 2 N–H and O–H groups in total. The second kappa shape index (κ2) is 7.50. The SMILES string of the molecule is O=C(NC1CCC12CCN(C(=O)CCc1ccc[nH]1)CC2)c1cnccn1. The molecular weight excluding hydrogens is 342 g/mol. The lowest BCUT2D eigenvalue weighted by Gasteiger charge is -2.54. The van der Waals surface area contributed by atoms with Crippen molar-refractivity contribution < 1.29 is 9.59 Å². The summed E-state index contributed by atoms with van der Waals surface area (Å²) in [6.45, 7) is 1.56. The Bertz CT molecular complexity index is 782. The van der Waals surface area contributed by atoms with Crippen LogP contribution in [-0.4, -0.2) is 50.8 Å². The van der Waals surface area contributed by atoms with Gasteiger partial charge in [0.05, 0.1) is 6.20 Å². The van der Waals surface area contributed by atoms with E-state index < -0.39 is 0 Å². The molecule has 2 aromatic rings. The molecular formula is C20H25N5O2. The van der Waals surface area contributed by atoms with Crippen LogP contribution in [0.15, 0.2) is 36.9 Å². The van der Waals surface area contributed by atoms with Crippen molar-refractivity contribution in [2.24, 2.45) is 5.41 Å². The number of hydrogen-bond acceptors (Lipinski definition) is 4. The predicted molar refractivity (Wildman–Crippen MR) is 99.9 cm³/mol. The van der Waals surface area contributed by atoms with E-state index in [1.54, 1.807) is 6.20 Å². The molecule has 2 aromatic heterocycles. The van der Waals surface area contributed by atoms with Crippen LogP contribution < -0.4 is 5.32 Å². The maximum absolute atomic E-state index is 12.5. The van der Waals surface area contributed by atoms with Crippen molar-refractivity contribution >= 4 is 11.8 Å². The second-order valence-electron chi connectivity index (χ2n) is 7.59. The van der Waals surface area contributed by atoms with E-state index in [4.69, 9.17) is 0 Å². The Balaban J connectivity index is 1.28. The van der Waals surface area contributed by atoms with Crippen LogP contribution in [0.1, 0.15) is 48.3 Å². The topological polar surface area (TPSA) is 91.0 Å². The molecule has 1 spiro atoms. The molecule has 2 fully saturated rings. The van der Waals surface area contributed by atoms with E-state index in [0.717, 1.165) is 50.9 Å². The third-order valence-corrected chi connectivity index (χ3v) is 6.15. The van der Waals surface area contributed by atoms with E-state index in [1.165, 1.54) is 12.4 Å². The number of H-pyrrole nitrogens is 1. The van der Waals surface area contributed by atoms with E-state index >= 15 is 0 Å². The summed E-state index contributed by atoms with van der Waals surface area (Å²) in [5, 5.41) is 3.13. The Morgan fingerprint density at radius 3 is 2.74 bits per heavy atom. The fraction of sp³-hybridized carbons (Fsp3) is 0.500. The van der Waals surface area contributed by atoms with Crippen molar-refractivity contribution in [2.45, 2.75) is 44.6 Å². The predicted octanol–water partition coefficient (Wildman–Crippen LogP) is 1.94. The summed E-state index contributed by atoms with van der Waals surface area (Å²) in [7, 11) is 0. The number of aryl methyl sites for hydroxylation is 1. The zero-order valence-electron chi connectivity index (χ0n) is 15.4. The number of likely N-dealkylation sites (tertiary alicyclic amines) is 1. The molecule has 27 heavy (non-hydrogen) atoms. The molecule has 0 radical (unpaired) electrons. The van der Waals surface area contributed by atoms with Crippen molar-refractivity contribution in [1.82, 2.24) is 25.2 Å². The minimum atomic E-state index is -0.156. The van der Waals surface area contributed by atoms with Gasteiger partial charge in [-0.15, -0.1) is 0 Å². The zero-order valence-corrected chi connectivity index (χ0v) is 15.4. The average Bonchev–Trinajstić information content (AvgIpc) is 3.23. The van der Waals surface area contributed by atoms with Gasteiger partial charge in [0.25, 0.3) is 5.91 Å². The number of aromatic amines is 1. The summed E-state index contributed by atoms with van der Waals surface area (Å²) in [5.74, 6) is 0.0653. The quantitative estimate of drug-likeness (QED) is 0.845. The summed E-state index contributed by atoms with van der Waals surface area (Å²) in [6, 6.07) is 4.14. The Kier molecular flexibility index (Phi) is 4.92. The van der Waals surface area contributed by atoms with Crippen LogP contribution in [0.3, 0.4) is 0 Å². The number of rotatable bonds is 5. The summed E-state index contributed by atoms with van der Waals surface area (Å²) in [4.78, 5) is 38.0. The van der Waals surface area contributed by atoms with Gasteiger partial charge in [-0.2, -0.15) is 0 Å².